The fraction of sp³-hybridized carbons (Fsp3) is 0.474. The normalized spacial score (nSPS) is 14.4. The van der Waals surface area contributed by atoms with Gasteiger partial charge in [-0.3, -0.25) is 4.79 Å². The molecule has 2 heterocycles. The highest BCUT2D eigenvalue weighted by molar-refractivity contribution is 7.09. The van der Waals surface area contributed by atoms with Crippen molar-refractivity contribution in [2.24, 2.45) is 5.92 Å². The standard InChI is InChI=1S/C19H25N3OS.2ClH/c1-20-10-7-15-8-11-22(12-9-15)19(23)17-14-24-18(21-17)13-16-5-3-2-4-6-16;;/h2-6,14-15,20H,7-13H2,1H3;2*1H. The number of likely N-dealkylation sites (tertiary alicyclic amines) is 1. The first-order valence-electron chi connectivity index (χ1n) is 8.68. The fourth-order valence-electron chi connectivity index (χ4n) is 3.20. The summed E-state index contributed by atoms with van der Waals surface area (Å²) in [7, 11) is 1.99. The number of hydrogen-bond acceptors (Lipinski definition) is 4. The van der Waals surface area contributed by atoms with Gasteiger partial charge >= 0.3 is 0 Å². The van der Waals surface area contributed by atoms with Gasteiger partial charge in [0.2, 0.25) is 0 Å². The summed E-state index contributed by atoms with van der Waals surface area (Å²) < 4.78 is 0. The van der Waals surface area contributed by atoms with E-state index in [4.69, 9.17) is 0 Å². The number of thiazole rings is 1. The van der Waals surface area contributed by atoms with Crippen LogP contribution in [-0.2, 0) is 6.42 Å². The Morgan fingerprint density at radius 2 is 1.92 bits per heavy atom. The summed E-state index contributed by atoms with van der Waals surface area (Å²) in [6.45, 7) is 2.78. The minimum Gasteiger partial charge on any atom is -0.337 e. The largest absolute Gasteiger partial charge is 0.337 e. The Balaban J connectivity index is 0.00000169. The lowest BCUT2D eigenvalue weighted by Gasteiger charge is -2.31. The molecule has 1 amide bonds. The van der Waals surface area contributed by atoms with Crippen LogP contribution in [0.5, 0.6) is 0 Å². The molecule has 1 aromatic heterocycles. The Morgan fingerprint density at radius 1 is 1.23 bits per heavy atom. The first kappa shape index (κ1) is 22.9. The van der Waals surface area contributed by atoms with Crippen LogP contribution in [0.4, 0.5) is 0 Å². The molecule has 0 aliphatic carbocycles. The summed E-state index contributed by atoms with van der Waals surface area (Å²) in [6, 6.07) is 10.3. The van der Waals surface area contributed by atoms with Gasteiger partial charge in [-0.1, -0.05) is 30.3 Å². The van der Waals surface area contributed by atoms with Crippen LogP contribution in [0.1, 0.15) is 40.3 Å². The molecule has 7 heteroatoms. The van der Waals surface area contributed by atoms with Gasteiger partial charge in [-0.05, 0) is 44.3 Å². The Bertz CT molecular complexity index is 658. The lowest BCUT2D eigenvalue weighted by Crippen LogP contribution is -2.39. The second-order valence-electron chi connectivity index (χ2n) is 6.42. The molecule has 1 N–H and O–H groups in total. The maximum Gasteiger partial charge on any atom is 0.273 e. The zero-order valence-electron chi connectivity index (χ0n) is 15.0. The number of nitrogens with one attached hydrogen (secondary N) is 1. The predicted octanol–water partition coefficient (Wildman–Crippen LogP) is 4.04. The summed E-state index contributed by atoms with van der Waals surface area (Å²) in [5.41, 5.74) is 1.84. The number of aromatic nitrogens is 1. The van der Waals surface area contributed by atoms with Crippen molar-refractivity contribution in [3.63, 3.8) is 0 Å². The lowest BCUT2D eigenvalue weighted by molar-refractivity contribution is 0.0682. The average Bonchev–Trinajstić information content (AvgIpc) is 3.09. The zero-order chi connectivity index (χ0) is 16.8. The maximum absolute atomic E-state index is 12.6. The first-order chi connectivity index (χ1) is 11.8. The smallest absolute Gasteiger partial charge is 0.273 e. The Morgan fingerprint density at radius 3 is 2.58 bits per heavy atom. The van der Waals surface area contributed by atoms with E-state index in [2.05, 4.69) is 22.4 Å². The van der Waals surface area contributed by atoms with Gasteiger partial charge in [0.05, 0.1) is 5.01 Å². The summed E-state index contributed by atoms with van der Waals surface area (Å²) in [6.07, 6.45) is 4.21. The van der Waals surface area contributed by atoms with Crippen molar-refractivity contribution < 1.29 is 4.79 Å². The number of carbonyl (C=O) groups excluding carboxylic acids is 1. The SMILES string of the molecule is CNCCC1CCN(C(=O)c2csc(Cc3ccccc3)n2)CC1.Cl.Cl. The molecule has 0 bridgehead atoms. The highest BCUT2D eigenvalue weighted by Gasteiger charge is 2.24. The zero-order valence-corrected chi connectivity index (χ0v) is 17.5. The minimum absolute atomic E-state index is 0. The highest BCUT2D eigenvalue weighted by atomic mass is 35.5. The van der Waals surface area contributed by atoms with Gasteiger partial charge in [0.25, 0.3) is 5.91 Å². The Kier molecular flexibility index (Phi) is 10.2. The summed E-state index contributed by atoms with van der Waals surface area (Å²) in [5, 5.41) is 6.13. The highest BCUT2D eigenvalue weighted by Crippen LogP contribution is 2.22. The number of piperidine rings is 1. The molecule has 1 aliphatic rings. The van der Waals surface area contributed by atoms with Crippen LogP contribution in [0.15, 0.2) is 35.7 Å². The van der Waals surface area contributed by atoms with Crippen molar-refractivity contribution >= 4 is 42.1 Å². The number of rotatable bonds is 6. The molecule has 144 valence electrons. The summed E-state index contributed by atoms with van der Waals surface area (Å²) in [5.74, 6) is 0.836. The van der Waals surface area contributed by atoms with Gasteiger partial charge in [0.15, 0.2) is 0 Å². The predicted molar refractivity (Wildman–Crippen MR) is 113 cm³/mol. The van der Waals surface area contributed by atoms with E-state index in [1.54, 1.807) is 11.3 Å². The number of amides is 1. The number of benzene rings is 1. The molecule has 0 saturated carbocycles. The third-order valence-corrected chi connectivity index (χ3v) is 5.52. The van der Waals surface area contributed by atoms with E-state index in [9.17, 15) is 4.79 Å². The Labute approximate surface area is 172 Å². The van der Waals surface area contributed by atoms with Crippen LogP contribution in [0, 0.1) is 5.92 Å². The van der Waals surface area contributed by atoms with Crippen LogP contribution in [0.25, 0.3) is 0 Å². The van der Waals surface area contributed by atoms with Crippen molar-refractivity contribution in [3.05, 3.63) is 52.0 Å². The minimum atomic E-state index is 0. The van der Waals surface area contributed by atoms with Crippen LogP contribution in [-0.4, -0.2) is 42.5 Å². The number of carbonyl (C=O) groups is 1. The second-order valence-corrected chi connectivity index (χ2v) is 7.36. The molecule has 1 fully saturated rings. The average molecular weight is 416 g/mol. The molecule has 4 nitrogen and oxygen atoms in total. The van der Waals surface area contributed by atoms with Crippen LogP contribution >= 0.6 is 36.2 Å². The Hall–Kier alpha value is -1.14. The van der Waals surface area contributed by atoms with E-state index in [-0.39, 0.29) is 30.7 Å². The molecule has 0 spiro atoms. The van der Waals surface area contributed by atoms with Crippen molar-refractivity contribution in [1.82, 2.24) is 15.2 Å². The van der Waals surface area contributed by atoms with Crippen LogP contribution in [0.3, 0.4) is 0 Å². The molecule has 1 aliphatic heterocycles. The number of halogens is 2. The van der Waals surface area contributed by atoms with E-state index in [0.717, 1.165) is 49.8 Å². The lowest BCUT2D eigenvalue weighted by atomic mass is 9.93. The van der Waals surface area contributed by atoms with Crippen molar-refractivity contribution in [3.8, 4) is 0 Å². The van der Waals surface area contributed by atoms with Gasteiger partial charge in [-0.15, -0.1) is 36.2 Å². The molecular formula is C19H27Cl2N3OS. The summed E-state index contributed by atoms with van der Waals surface area (Å²) in [4.78, 5) is 19.2. The van der Waals surface area contributed by atoms with E-state index < -0.39 is 0 Å². The van der Waals surface area contributed by atoms with Gasteiger partial charge < -0.3 is 10.2 Å². The molecule has 0 radical (unpaired) electrons. The molecule has 1 aromatic carbocycles. The van der Waals surface area contributed by atoms with Crippen LogP contribution < -0.4 is 5.32 Å². The molecule has 3 rings (SSSR count). The van der Waals surface area contributed by atoms with Gasteiger partial charge in [0, 0.05) is 24.9 Å². The molecule has 0 unspecified atom stereocenters. The third kappa shape index (κ3) is 6.23. The second kappa shape index (κ2) is 11.5. The van der Waals surface area contributed by atoms with Crippen LogP contribution in [0.2, 0.25) is 0 Å². The molecular weight excluding hydrogens is 389 g/mol. The van der Waals surface area contributed by atoms with Crippen molar-refractivity contribution in [1.29, 1.82) is 0 Å². The van der Waals surface area contributed by atoms with E-state index >= 15 is 0 Å². The van der Waals surface area contributed by atoms with E-state index in [1.165, 1.54) is 12.0 Å². The van der Waals surface area contributed by atoms with Gasteiger partial charge in [0.1, 0.15) is 5.69 Å². The molecule has 2 aromatic rings. The monoisotopic (exact) mass is 415 g/mol. The van der Waals surface area contributed by atoms with Crippen molar-refractivity contribution in [2.45, 2.75) is 25.7 Å². The number of nitrogens with zero attached hydrogens (tertiary/aromatic N) is 2. The van der Waals surface area contributed by atoms with E-state index in [0.29, 0.717) is 5.69 Å². The first-order valence-corrected chi connectivity index (χ1v) is 9.56. The maximum atomic E-state index is 12.6. The molecule has 0 atom stereocenters. The molecule has 26 heavy (non-hydrogen) atoms. The summed E-state index contributed by atoms with van der Waals surface area (Å²) >= 11 is 1.58. The van der Waals surface area contributed by atoms with Gasteiger partial charge in [-0.25, -0.2) is 4.98 Å². The van der Waals surface area contributed by atoms with Gasteiger partial charge in [-0.2, -0.15) is 0 Å². The third-order valence-electron chi connectivity index (χ3n) is 4.67. The molecule has 1 saturated heterocycles. The van der Waals surface area contributed by atoms with Crippen molar-refractivity contribution in [2.75, 3.05) is 26.7 Å². The number of hydrogen-bond donors (Lipinski definition) is 1. The van der Waals surface area contributed by atoms with E-state index in [1.807, 2.05) is 35.5 Å². The quantitative estimate of drug-likeness (QED) is 0.773. The fourth-order valence-corrected chi connectivity index (χ4v) is 4.00. The topological polar surface area (TPSA) is 45.2 Å².